The van der Waals surface area contributed by atoms with Crippen molar-refractivity contribution in [3.05, 3.63) is 100 Å². The largest absolute Gasteiger partial charge is 0.389 e. The van der Waals surface area contributed by atoms with Gasteiger partial charge in [-0.25, -0.2) is 13.6 Å². The molecule has 0 amide bonds. The van der Waals surface area contributed by atoms with Crippen LogP contribution in [-0.2, 0) is 0 Å². The SMILES string of the molecule is CNC[C@@H](O)[C@H](c1cccc(F)c1)n1c(=O)n(-c2ccccc2)c2cccc(F)c21. The van der Waals surface area contributed by atoms with Gasteiger partial charge in [0.1, 0.15) is 17.2 Å². The predicted octanol–water partition coefficient (Wildman–Crippen LogP) is 3.24. The van der Waals surface area contributed by atoms with Crippen molar-refractivity contribution >= 4 is 11.0 Å². The van der Waals surface area contributed by atoms with E-state index < -0.39 is 29.5 Å². The van der Waals surface area contributed by atoms with Crippen molar-refractivity contribution in [3.63, 3.8) is 0 Å². The smallest absolute Gasteiger partial charge is 0.334 e. The number of aliphatic hydroxyl groups is 1. The van der Waals surface area contributed by atoms with E-state index in [0.717, 1.165) is 0 Å². The quantitative estimate of drug-likeness (QED) is 0.514. The number of likely N-dealkylation sites (N-methyl/N-ethyl adjacent to an activating group) is 1. The molecule has 5 nitrogen and oxygen atoms in total. The van der Waals surface area contributed by atoms with Crippen molar-refractivity contribution < 1.29 is 13.9 Å². The molecule has 0 saturated carbocycles. The van der Waals surface area contributed by atoms with Crippen LogP contribution < -0.4 is 11.0 Å². The zero-order chi connectivity index (χ0) is 21.3. The first kappa shape index (κ1) is 20.0. The van der Waals surface area contributed by atoms with Gasteiger partial charge in [0.2, 0.25) is 0 Å². The molecule has 0 fully saturated rings. The third kappa shape index (κ3) is 3.42. The monoisotopic (exact) mass is 409 g/mol. The maximum absolute atomic E-state index is 15.0. The van der Waals surface area contributed by atoms with Crippen molar-refractivity contribution in [1.29, 1.82) is 0 Å². The van der Waals surface area contributed by atoms with E-state index in [1.54, 1.807) is 43.4 Å². The number of hydrogen-bond acceptors (Lipinski definition) is 3. The average Bonchev–Trinajstić information content (AvgIpc) is 3.02. The Morgan fingerprint density at radius 1 is 1.00 bits per heavy atom. The number of aromatic nitrogens is 2. The van der Waals surface area contributed by atoms with E-state index >= 15 is 4.39 Å². The number of aliphatic hydroxyl groups excluding tert-OH is 1. The van der Waals surface area contributed by atoms with E-state index in [4.69, 9.17) is 0 Å². The van der Waals surface area contributed by atoms with Gasteiger partial charge in [-0.3, -0.25) is 9.13 Å². The summed E-state index contributed by atoms with van der Waals surface area (Å²) >= 11 is 0. The molecule has 154 valence electrons. The lowest BCUT2D eigenvalue weighted by Crippen LogP contribution is -2.38. The minimum absolute atomic E-state index is 0.0516. The number of nitrogens with one attached hydrogen (secondary N) is 1. The number of halogens is 2. The molecule has 2 N–H and O–H groups in total. The normalized spacial score (nSPS) is 13.5. The summed E-state index contributed by atoms with van der Waals surface area (Å²) in [6.45, 7) is 0.125. The summed E-state index contributed by atoms with van der Waals surface area (Å²) in [5.74, 6) is -1.10. The van der Waals surface area contributed by atoms with Gasteiger partial charge in [0.05, 0.1) is 23.3 Å². The highest BCUT2D eigenvalue weighted by Crippen LogP contribution is 2.29. The maximum Gasteiger partial charge on any atom is 0.334 e. The summed E-state index contributed by atoms with van der Waals surface area (Å²) in [7, 11) is 1.66. The van der Waals surface area contributed by atoms with E-state index in [1.807, 2.05) is 6.07 Å². The number of imidazole rings is 1. The second-order valence-corrected chi connectivity index (χ2v) is 7.06. The van der Waals surface area contributed by atoms with Crippen LogP contribution in [0, 0.1) is 11.6 Å². The van der Waals surface area contributed by atoms with Crippen LogP contribution in [0.5, 0.6) is 0 Å². The fourth-order valence-corrected chi connectivity index (χ4v) is 3.87. The molecular formula is C23H21F2N3O2. The number of hydrogen-bond donors (Lipinski definition) is 2. The van der Waals surface area contributed by atoms with Gasteiger partial charge in [-0.1, -0.05) is 36.4 Å². The van der Waals surface area contributed by atoms with Crippen LogP contribution in [0.3, 0.4) is 0 Å². The Morgan fingerprint density at radius 2 is 1.73 bits per heavy atom. The number of para-hydroxylation sites is 2. The molecule has 2 atom stereocenters. The molecule has 7 heteroatoms. The predicted molar refractivity (Wildman–Crippen MR) is 112 cm³/mol. The first-order valence-corrected chi connectivity index (χ1v) is 9.58. The molecular weight excluding hydrogens is 388 g/mol. The van der Waals surface area contributed by atoms with Crippen LogP contribution in [0.15, 0.2) is 77.6 Å². The molecule has 0 aliphatic rings. The summed E-state index contributed by atoms with van der Waals surface area (Å²) in [5.41, 5.74) is 0.832. The summed E-state index contributed by atoms with van der Waals surface area (Å²) < 4.78 is 31.6. The number of nitrogens with zero attached hydrogens (tertiary/aromatic N) is 2. The van der Waals surface area contributed by atoms with Gasteiger partial charge in [0, 0.05) is 6.54 Å². The fourth-order valence-electron chi connectivity index (χ4n) is 3.87. The van der Waals surface area contributed by atoms with Crippen LogP contribution in [0.4, 0.5) is 8.78 Å². The van der Waals surface area contributed by atoms with E-state index in [0.29, 0.717) is 16.8 Å². The third-order valence-electron chi connectivity index (χ3n) is 5.11. The van der Waals surface area contributed by atoms with E-state index in [9.17, 15) is 14.3 Å². The Bertz CT molecular complexity index is 1230. The topological polar surface area (TPSA) is 59.2 Å². The first-order chi connectivity index (χ1) is 14.5. The van der Waals surface area contributed by atoms with Crippen LogP contribution in [0.1, 0.15) is 11.6 Å². The van der Waals surface area contributed by atoms with E-state index in [1.165, 1.54) is 39.5 Å². The first-order valence-electron chi connectivity index (χ1n) is 9.58. The number of benzene rings is 3. The Hall–Kier alpha value is -3.29. The van der Waals surface area contributed by atoms with Crippen LogP contribution in [0.25, 0.3) is 16.7 Å². The molecule has 0 bridgehead atoms. The van der Waals surface area contributed by atoms with E-state index in [-0.39, 0.29) is 12.1 Å². The lowest BCUT2D eigenvalue weighted by atomic mass is 10.0. The number of fused-ring (bicyclic) bond motifs is 1. The van der Waals surface area contributed by atoms with Crippen molar-refractivity contribution in [2.45, 2.75) is 12.1 Å². The van der Waals surface area contributed by atoms with Crippen LogP contribution >= 0.6 is 0 Å². The molecule has 4 aromatic rings. The third-order valence-corrected chi connectivity index (χ3v) is 5.11. The van der Waals surface area contributed by atoms with Gasteiger partial charge < -0.3 is 10.4 Å². The minimum atomic E-state index is -1.11. The lowest BCUT2D eigenvalue weighted by Gasteiger charge is -2.25. The van der Waals surface area contributed by atoms with Gasteiger partial charge in [-0.05, 0) is 49.0 Å². The molecule has 0 unspecified atom stereocenters. The summed E-state index contributed by atoms with van der Waals surface area (Å²) in [6, 6.07) is 18.0. The van der Waals surface area contributed by atoms with Crippen molar-refractivity contribution in [3.8, 4) is 5.69 Å². The Labute approximate surface area is 171 Å². The highest BCUT2D eigenvalue weighted by atomic mass is 19.1. The number of rotatable bonds is 6. The standard InChI is InChI=1S/C23H21F2N3O2/c1-26-14-20(29)21(15-7-5-8-16(24)13-15)28-22-18(25)11-6-12-19(22)27(23(28)30)17-9-3-2-4-10-17/h2-13,20-21,26,29H,14H2,1H3/t20-,21+/m1/s1. The molecule has 0 radical (unpaired) electrons. The fraction of sp³-hybridized carbons (Fsp3) is 0.174. The maximum atomic E-state index is 15.0. The zero-order valence-corrected chi connectivity index (χ0v) is 16.3. The molecule has 30 heavy (non-hydrogen) atoms. The lowest BCUT2D eigenvalue weighted by molar-refractivity contribution is 0.130. The second kappa shape index (κ2) is 8.22. The van der Waals surface area contributed by atoms with Gasteiger partial charge in [-0.2, -0.15) is 0 Å². The molecule has 0 saturated heterocycles. The molecule has 0 aliphatic carbocycles. The van der Waals surface area contributed by atoms with E-state index in [2.05, 4.69) is 5.32 Å². The summed E-state index contributed by atoms with van der Waals surface area (Å²) in [5, 5.41) is 13.7. The minimum Gasteiger partial charge on any atom is -0.389 e. The van der Waals surface area contributed by atoms with Crippen molar-refractivity contribution in [1.82, 2.24) is 14.5 Å². The van der Waals surface area contributed by atoms with Crippen LogP contribution in [0.2, 0.25) is 0 Å². The summed E-state index contributed by atoms with van der Waals surface area (Å²) in [6.07, 6.45) is -1.11. The highest BCUT2D eigenvalue weighted by Gasteiger charge is 2.30. The zero-order valence-electron chi connectivity index (χ0n) is 16.3. The average molecular weight is 409 g/mol. The molecule has 3 aromatic carbocycles. The molecule has 1 aromatic heterocycles. The van der Waals surface area contributed by atoms with Crippen LogP contribution in [-0.4, -0.2) is 33.9 Å². The summed E-state index contributed by atoms with van der Waals surface area (Å²) in [4.78, 5) is 13.6. The van der Waals surface area contributed by atoms with Crippen molar-refractivity contribution in [2.75, 3.05) is 13.6 Å². The molecule has 1 heterocycles. The Morgan fingerprint density at radius 3 is 2.43 bits per heavy atom. The van der Waals surface area contributed by atoms with Gasteiger partial charge >= 0.3 is 5.69 Å². The Kier molecular flexibility index (Phi) is 5.48. The second-order valence-electron chi connectivity index (χ2n) is 7.06. The van der Waals surface area contributed by atoms with Crippen molar-refractivity contribution in [2.24, 2.45) is 0 Å². The van der Waals surface area contributed by atoms with Gasteiger partial charge in [0.15, 0.2) is 0 Å². The van der Waals surface area contributed by atoms with Gasteiger partial charge in [-0.15, -0.1) is 0 Å². The molecule has 0 spiro atoms. The van der Waals surface area contributed by atoms with Gasteiger partial charge in [0.25, 0.3) is 0 Å². The molecule has 0 aliphatic heterocycles. The molecule has 4 rings (SSSR count). The Balaban J connectivity index is 2.07. The highest BCUT2D eigenvalue weighted by molar-refractivity contribution is 5.79.